The predicted octanol–water partition coefficient (Wildman–Crippen LogP) is 4.27. The first-order valence-corrected chi connectivity index (χ1v) is 9.94. The lowest BCUT2D eigenvalue weighted by Gasteiger charge is -2.09. The average molecular weight is 401 g/mol. The van der Waals surface area contributed by atoms with Gasteiger partial charge in [0, 0.05) is 16.0 Å². The predicted molar refractivity (Wildman–Crippen MR) is 107 cm³/mol. The van der Waals surface area contributed by atoms with Gasteiger partial charge in [0.25, 0.3) is 5.56 Å². The van der Waals surface area contributed by atoms with Crippen LogP contribution in [0.2, 0.25) is 5.02 Å². The number of thiophene rings is 1. The molecule has 2 aromatic heterocycles. The van der Waals surface area contributed by atoms with Crippen molar-refractivity contribution < 1.29 is 9.53 Å². The van der Waals surface area contributed by atoms with Crippen LogP contribution >= 0.6 is 22.9 Å². The number of nitrogens with one attached hydrogen (secondary N) is 1. The van der Waals surface area contributed by atoms with E-state index in [1.807, 2.05) is 12.1 Å². The van der Waals surface area contributed by atoms with E-state index in [1.54, 1.807) is 29.5 Å². The van der Waals surface area contributed by atoms with Crippen molar-refractivity contribution in [2.45, 2.75) is 32.3 Å². The molecule has 0 saturated heterocycles. The SMILES string of the molecule is O=C(/C=C/c1ccccc1Cl)OCc1nc2sc3c(c2c(=O)[nH]1)CCCC3. The average Bonchev–Trinajstić information content (AvgIpc) is 3.04. The number of hydrogen-bond acceptors (Lipinski definition) is 5. The number of ether oxygens (including phenoxy) is 1. The Bertz CT molecular complexity index is 1100. The van der Waals surface area contributed by atoms with Crippen LogP contribution in [-0.2, 0) is 29.0 Å². The lowest BCUT2D eigenvalue weighted by molar-refractivity contribution is -0.139. The highest BCUT2D eigenvalue weighted by molar-refractivity contribution is 7.18. The van der Waals surface area contributed by atoms with Crippen molar-refractivity contribution in [1.29, 1.82) is 0 Å². The number of benzene rings is 1. The van der Waals surface area contributed by atoms with Crippen molar-refractivity contribution in [2.75, 3.05) is 0 Å². The van der Waals surface area contributed by atoms with Crippen LogP contribution in [0.3, 0.4) is 0 Å². The zero-order valence-corrected chi connectivity index (χ0v) is 16.0. The molecule has 5 nitrogen and oxygen atoms in total. The van der Waals surface area contributed by atoms with Crippen molar-refractivity contribution in [2.24, 2.45) is 0 Å². The zero-order chi connectivity index (χ0) is 18.8. The summed E-state index contributed by atoms with van der Waals surface area (Å²) in [6, 6.07) is 7.20. The molecule has 7 heteroatoms. The van der Waals surface area contributed by atoms with Gasteiger partial charge in [-0.2, -0.15) is 0 Å². The van der Waals surface area contributed by atoms with Crippen molar-refractivity contribution in [3.63, 3.8) is 0 Å². The van der Waals surface area contributed by atoms with E-state index < -0.39 is 5.97 Å². The number of aromatic amines is 1. The monoisotopic (exact) mass is 400 g/mol. The lowest BCUT2D eigenvalue weighted by Crippen LogP contribution is -2.14. The summed E-state index contributed by atoms with van der Waals surface area (Å²) in [5, 5.41) is 1.25. The van der Waals surface area contributed by atoms with E-state index >= 15 is 0 Å². The summed E-state index contributed by atoms with van der Waals surface area (Å²) in [7, 11) is 0. The van der Waals surface area contributed by atoms with Crippen molar-refractivity contribution in [3.05, 3.63) is 67.5 Å². The summed E-state index contributed by atoms with van der Waals surface area (Å²) < 4.78 is 5.20. The number of carbonyl (C=O) groups is 1. The molecule has 0 fully saturated rings. The summed E-state index contributed by atoms with van der Waals surface area (Å²) in [6.45, 7) is -0.0839. The minimum atomic E-state index is -0.525. The van der Waals surface area contributed by atoms with Gasteiger partial charge in [-0.05, 0) is 49.0 Å². The minimum absolute atomic E-state index is 0.0839. The van der Waals surface area contributed by atoms with E-state index in [-0.39, 0.29) is 12.2 Å². The molecule has 1 N–H and O–H groups in total. The van der Waals surface area contributed by atoms with E-state index in [0.717, 1.165) is 41.6 Å². The first-order chi connectivity index (χ1) is 13.1. The topological polar surface area (TPSA) is 72.0 Å². The number of halogens is 1. The second-order valence-electron chi connectivity index (χ2n) is 6.37. The number of carbonyl (C=O) groups excluding carboxylic acids is 1. The fourth-order valence-electron chi connectivity index (χ4n) is 3.23. The van der Waals surface area contributed by atoms with E-state index in [4.69, 9.17) is 16.3 Å². The minimum Gasteiger partial charge on any atom is -0.454 e. The number of rotatable bonds is 4. The van der Waals surface area contributed by atoms with Gasteiger partial charge in [-0.1, -0.05) is 29.8 Å². The fraction of sp³-hybridized carbons (Fsp3) is 0.250. The summed E-state index contributed by atoms with van der Waals surface area (Å²) in [4.78, 5) is 33.6. The van der Waals surface area contributed by atoms with Gasteiger partial charge in [0.05, 0.1) is 5.39 Å². The molecule has 0 atom stereocenters. The van der Waals surface area contributed by atoms with Gasteiger partial charge in [-0.3, -0.25) is 4.79 Å². The van der Waals surface area contributed by atoms with Gasteiger partial charge >= 0.3 is 5.97 Å². The third-order valence-corrected chi connectivity index (χ3v) is 6.06. The van der Waals surface area contributed by atoms with Crippen LogP contribution in [0.25, 0.3) is 16.3 Å². The molecule has 0 spiro atoms. The molecule has 1 aromatic carbocycles. The van der Waals surface area contributed by atoms with Crippen LogP contribution in [0.5, 0.6) is 0 Å². The molecule has 4 rings (SSSR count). The summed E-state index contributed by atoms with van der Waals surface area (Å²) in [5.74, 6) is -0.172. The molecule has 0 saturated carbocycles. The summed E-state index contributed by atoms with van der Waals surface area (Å²) >= 11 is 7.62. The first kappa shape index (κ1) is 17.9. The Labute approximate surface area is 164 Å². The van der Waals surface area contributed by atoms with Crippen LogP contribution in [0, 0.1) is 0 Å². The number of fused-ring (bicyclic) bond motifs is 3. The number of H-pyrrole nitrogens is 1. The van der Waals surface area contributed by atoms with Gasteiger partial charge in [0.1, 0.15) is 17.3 Å². The Hall–Kier alpha value is -2.44. The van der Waals surface area contributed by atoms with Crippen LogP contribution in [-0.4, -0.2) is 15.9 Å². The van der Waals surface area contributed by atoms with Gasteiger partial charge in [0.2, 0.25) is 0 Å². The van der Waals surface area contributed by atoms with Gasteiger partial charge in [0.15, 0.2) is 0 Å². The number of hydrogen-bond donors (Lipinski definition) is 1. The van der Waals surface area contributed by atoms with Crippen molar-refractivity contribution in [3.8, 4) is 0 Å². The normalized spacial score (nSPS) is 13.8. The lowest BCUT2D eigenvalue weighted by atomic mass is 9.97. The number of aryl methyl sites for hydroxylation is 2. The molecule has 0 bridgehead atoms. The molecule has 0 aliphatic heterocycles. The third-order valence-electron chi connectivity index (χ3n) is 4.53. The van der Waals surface area contributed by atoms with Gasteiger partial charge in [-0.15, -0.1) is 11.3 Å². The summed E-state index contributed by atoms with van der Waals surface area (Å²) in [5.41, 5.74) is 1.71. The number of esters is 1. The van der Waals surface area contributed by atoms with E-state index in [9.17, 15) is 9.59 Å². The maximum absolute atomic E-state index is 12.5. The first-order valence-electron chi connectivity index (χ1n) is 8.74. The Morgan fingerprint density at radius 2 is 2.11 bits per heavy atom. The van der Waals surface area contributed by atoms with E-state index in [0.29, 0.717) is 16.2 Å². The van der Waals surface area contributed by atoms with Crippen LogP contribution in [0.1, 0.15) is 34.7 Å². The van der Waals surface area contributed by atoms with Gasteiger partial charge < -0.3 is 9.72 Å². The Morgan fingerprint density at radius 3 is 2.96 bits per heavy atom. The number of aromatic nitrogens is 2. The van der Waals surface area contributed by atoms with E-state index in [1.165, 1.54) is 11.0 Å². The van der Waals surface area contributed by atoms with Crippen LogP contribution < -0.4 is 5.56 Å². The largest absolute Gasteiger partial charge is 0.454 e. The fourth-order valence-corrected chi connectivity index (χ4v) is 4.71. The molecule has 138 valence electrons. The molecule has 3 aromatic rings. The molecular weight excluding hydrogens is 384 g/mol. The summed E-state index contributed by atoms with van der Waals surface area (Å²) in [6.07, 6.45) is 7.10. The quantitative estimate of drug-likeness (QED) is 0.524. The second kappa shape index (κ2) is 7.66. The van der Waals surface area contributed by atoms with Crippen molar-refractivity contribution in [1.82, 2.24) is 9.97 Å². The maximum atomic E-state index is 12.5. The molecule has 0 unspecified atom stereocenters. The van der Waals surface area contributed by atoms with Crippen molar-refractivity contribution >= 4 is 45.2 Å². The molecule has 2 heterocycles. The Morgan fingerprint density at radius 1 is 1.30 bits per heavy atom. The highest BCUT2D eigenvalue weighted by atomic mass is 35.5. The smallest absolute Gasteiger partial charge is 0.331 e. The second-order valence-corrected chi connectivity index (χ2v) is 7.86. The van der Waals surface area contributed by atoms with Gasteiger partial charge in [-0.25, -0.2) is 9.78 Å². The Balaban J connectivity index is 1.48. The highest BCUT2D eigenvalue weighted by Crippen LogP contribution is 2.33. The molecule has 0 radical (unpaired) electrons. The van der Waals surface area contributed by atoms with E-state index in [2.05, 4.69) is 9.97 Å². The zero-order valence-electron chi connectivity index (χ0n) is 14.5. The highest BCUT2D eigenvalue weighted by Gasteiger charge is 2.19. The Kier molecular flexibility index (Phi) is 5.09. The number of nitrogens with zero attached hydrogens (tertiary/aromatic N) is 1. The molecule has 0 amide bonds. The standard InChI is InChI=1S/C20H17ClN2O3S/c21-14-7-3-1-5-12(14)9-10-17(24)26-11-16-22-19(25)18-13-6-2-4-8-15(13)27-20(18)23-16/h1,3,5,7,9-10H,2,4,6,8,11H2,(H,22,23,25)/b10-9+. The molecule has 27 heavy (non-hydrogen) atoms. The van der Waals surface area contributed by atoms with Crippen LogP contribution in [0.15, 0.2) is 35.1 Å². The third kappa shape index (κ3) is 3.82. The van der Waals surface area contributed by atoms with Crippen LogP contribution in [0.4, 0.5) is 0 Å². The molecule has 1 aliphatic carbocycles. The maximum Gasteiger partial charge on any atom is 0.331 e. The molecular formula is C20H17ClN2O3S. The molecule has 1 aliphatic rings.